The summed E-state index contributed by atoms with van der Waals surface area (Å²) in [7, 11) is 1.99. The number of aliphatic carboxylic acids is 1. The standard InChI is InChI=1S/C13H15NO2/c1-9(8-13(15)16)10-4-3-5-12-11(10)6-7-14(12)2/h3-7,9H,8H2,1-2H3,(H,15,16). The monoisotopic (exact) mass is 217 g/mol. The molecule has 3 heteroatoms. The minimum Gasteiger partial charge on any atom is -0.481 e. The fourth-order valence-corrected chi connectivity index (χ4v) is 2.13. The van der Waals surface area contributed by atoms with Gasteiger partial charge in [0.25, 0.3) is 0 Å². The Labute approximate surface area is 94.3 Å². The van der Waals surface area contributed by atoms with E-state index in [2.05, 4.69) is 0 Å². The largest absolute Gasteiger partial charge is 0.481 e. The van der Waals surface area contributed by atoms with Gasteiger partial charge in [0.2, 0.25) is 0 Å². The van der Waals surface area contributed by atoms with E-state index >= 15 is 0 Å². The summed E-state index contributed by atoms with van der Waals surface area (Å²) in [5.74, 6) is -0.705. The van der Waals surface area contributed by atoms with Crippen LogP contribution in [-0.4, -0.2) is 15.6 Å². The van der Waals surface area contributed by atoms with Gasteiger partial charge in [0.15, 0.2) is 0 Å². The molecule has 0 spiro atoms. The minimum atomic E-state index is -0.750. The quantitative estimate of drug-likeness (QED) is 0.859. The zero-order chi connectivity index (χ0) is 11.7. The Kier molecular flexibility index (Phi) is 2.69. The van der Waals surface area contributed by atoms with Crippen molar-refractivity contribution in [3.8, 4) is 0 Å². The van der Waals surface area contributed by atoms with Crippen LogP contribution in [0.15, 0.2) is 30.5 Å². The maximum atomic E-state index is 10.7. The Morgan fingerprint density at radius 3 is 2.88 bits per heavy atom. The average molecular weight is 217 g/mol. The highest BCUT2D eigenvalue weighted by Gasteiger charge is 2.13. The van der Waals surface area contributed by atoms with Gasteiger partial charge in [0, 0.05) is 24.1 Å². The van der Waals surface area contributed by atoms with Crippen molar-refractivity contribution in [3.05, 3.63) is 36.0 Å². The van der Waals surface area contributed by atoms with Crippen LogP contribution in [0.5, 0.6) is 0 Å². The SMILES string of the molecule is CC(CC(=O)O)c1cccc2c1ccn2C. The predicted molar refractivity (Wildman–Crippen MR) is 63.6 cm³/mol. The summed E-state index contributed by atoms with van der Waals surface area (Å²) in [5, 5.41) is 9.97. The van der Waals surface area contributed by atoms with Gasteiger partial charge in [-0.1, -0.05) is 19.1 Å². The lowest BCUT2D eigenvalue weighted by Gasteiger charge is -2.10. The third kappa shape index (κ3) is 1.81. The first-order valence-corrected chi connectivity index (χ1v) is 5.35. The fourth-order valence-electron chi connectivity index (χ4n) is 2.13. The fraction of sp³-hybridized carbons (Fsp3) is 0.308. The first-order valence-electron chi connectivity index (χ1n) is 5.35. The number of aromatic nitrogens is 1. The molecular formula is C13H15NO2. The zero-order valence-electron chi connectivity index (χ0n) is 9.47. The molecule has 0 aliphatic carbocycles. The Bertz CT molecular complexity index is 528. The topological polar surface area (TPSA) is 42.2 Å². The van der Waals surface area contributed by atoms with Crippen molar-refractivity contribution in [1.29, 1.82) is 0 Å². The van der Waals surface area contributed by atoms with Crippen LogP contribution >= 0.6 is 0 Å². The molecule has 0 bridgehead atoms. The third-order valence-corrected chi connectivity index (χ3v) is 2.97. The van der Waals surface area contributed by atoms with Crippen LogP contribution in [0.25, 0.3) is 10.9 Å². The van der Waals surface area contributed by atoms with Crippen molar-refractivity contribution in [1.82, 2.24) is 4.57 Å². The van der Waals surface area contributed by atoms with Crippen molar-refractivity contribution in [2.24, 2.45) is 7.05 Å². The Balaban J connectivity index is 2.48. The number of nitrogens with zero attached hydrogens (tertiary/aromatic N) is 1. The van der Waals surface area contributed by atoms with E-state index in [-0.39, 0.29) is 12.3 Å². The van der Waals surface area contributed by atoms with E-state index in [1.54, 1.807) is 0 Å². The van der Waals surface area contributed by atoms with Gasteiger partial charge in [-0.05, 0) is 23.6 Å². The highest BCUT2D eigenvalue weighted by molar-refractivity contribution is 5.84. The molecule has 0 saturated heterocycles. The van der Waals surface area contributed by atoms with Gasteiger partial charge < -0.3 is 9.67 Å². The lowest BCUT2D eigenvalue weighted by molar-refractivity contribution is -0.137. The maximum absolute atomic E-state index is 10.7. The molecule has 1 unspecified atom stereocenters. The highest BCUT2D eigenvalue weighted by Crippen LogP contribution is 2.27. The first kappa shape index (κ1) is 10.7. The summed E-state index contributed by atoms with van der Waals surface area (Å²) in [6.45, 7) is 1.95. The van der Waals surface area contributed by atoms with E-state index in [0.717, 1.165) is 16.5 Å². The maximum Gasteiger partial charge on any atom is 0.303 e. The molecule has 2 rings (SSSR count). The van der Waals surface area contributed by atoms with Gasteiger partial charge in [-0.2, -0.15) is 0 Å². The third-order valence-electron chi connectivity index (χ3n) is 2.97. The van der Waals surface area contributed by atoms with Crippen molar-refractivity contribution in [2.45, 2.75) is 19.3 Å². The molecule has 0 radical (unpaired) electrons. The average Bonchev–Trinajstić information content (AvgIpc) is 2.59. The lowest BCUT2D eigenvalue weighted by atomic mass is 9.95. The van der Waals surface area contributed by atoms with Crippen LogP contribution in [0.2, 0.25) is 0 Å². The minimum absolute atomic E-state index is 0.0450. The summed E-state index contributed by atoms with van der Waals surface area (Å²) >= 11 is 0. The van der Waals surface area contributed by atoms with Crippen molar-refractivity contribution >= 4 is 16.9 Å². The van der Waals surface area contributed by atoms with E-state index < -0.39 is 5.97 Å². The number of fused-ring (bicyclic) bond motifs is 1. The summed E-state index contributed by atoms with van der Waals surface area (Å²) in [5.41, 5.74) is 2.26. The van der Waals surface area contributed by atoms with E-state index in [1.165, 1.54) is 0 Å². The lowest BCUT2D eigenvalue weighted by Crippen LogP contribution is -2.03. The van der Waals surface area contributed by atoms with E-state index in [4.69, 9.17) is 5.11 Å². The Morgan fingerprint density at radius 1 is 1.44 bits per heavy atom. The molecule has 84 valence electrons. The van der Waals surface area contributed by atoms with E-state index in [9.17, 15) is 4.79 Å². The number of benzene rings is 1. The van der Waals surface area contributed by atoms with Crippen LogP contribution in [0, 0.1) is 0 Å². The summed E-state index contributed by atoms with van der Waals surface area (Å²) in [6.07, 6.45) is 2.18. The number of aryl methyl sites for hydroxylation is 1. The second-order valence-electron chi connectivity index (χ2n) is 4.21. The molecule has 1 N–H and O–H groups in total. The number of hydrogen-bond acceptors (Lipinski definition) is 1. The van der Waals surface area contributed by atoms with Gasteiger partial charge in [-0.3, -0.25) is 4.79 Å². The molecular weight excluding hydrogens is 202 g/mol. The van der Waals surface area contributed by atoms with Crippen LogP contribution in [0.4, 0.5) is 0 Å². The van der Waals surface area contributed by atoms with Crippen LogP contribution in [0.3, 0.4) is 0 Å². The van der Waals surface area contributed by atoms with Crippen molar-refractivity contribution in [2.75, 3.05) is 0 Å². The van der Waals surface area contributed by atoms with Crippen LogP contribution in [0.1, 0.15) is 24.8 Å². The van der Waals surface area contributed by atoms with Gasteiger partial charge >= 0.3 is 5.97 Å². The Hall–Kier alpha value is -1.77. The van der Waals surface area contributed by atoms with Crippen LogP contribution in [-0.2, 0) is 11.8 Å². The van der Waals surface area contributed by atoms with Gasteiger partial charge in [-0.25, -0.2) is 0 Å². The van der Waals surface area contributed by atoms with Crippen LogP contribution < -0.4 is 0 Å². The van der Waals surface area contributed by atoms with Crippen molar-refractivity contribution in [3.63, 3.8) is 0 Å². The van der Waals surface area contributed by atoms with E-state index in [1.807, 2.05) is 49.0 Å². The van der Waals surface area contributed by atoms with Gasteiger partial charge in [0.05, 0.1) is 6.42 Å². The molecule has 2 aromatic rings. The van der Waals surface area contributed by atoms with E-state index in [0.29, 0.717) is 0 Å². The molecule has 0 aliphatic rings. The van der Waals surface area contributed by atoms with Gasteiger partial charge in [0.1, 0.15) is 0 Å². The molecule has 0 amide bonds. The molecule has 1 aromatic heterocycles. The summed E-state index contributed by atoms with van der Waals surface area (Å²) < 4.78 is 2.05. The molecule has 1 heterocycles. The summed E-state index contributed by atoms with van der Waals surface area (Å²) in [4.78, 5) is 10.7. The normalized spacial score (nSPS) is 12.9. The predicted octanol–water partition coefficient (Wildman–Crippen LogP) is 2.76. The molecule has 1 atom stereocenters. The molecule has 1 aromatic carbocycles. The first-order chi connectivity index (χ1) is 7.59. The second kappa shape index (κ2) is 4.00. The Morgan fingerprint density at radius 2 is 2.19 bits per heavy atom. The molecule has 3 nitrogen and oxygen atoms in total. The number of rotatable bonds is 3. The highest BCUT2D eigenvalue weighted by atomic mass is 16.4. The number of carboxylic acid groups (broad SMARTS) is 1. The molecule has 0 fully saturated rings. The van der Waals surface area contributed by atoms with Crippen molar-refractivity contribution < 1.29 is 9.90 Å². The zero-order valence-corrected chi connectivity index (χ0v) is 9.47. The smallest absolute Gasteiger partial charge is 0.303 e. The number of hydrogen-bond donors (Lipinski definition) is 1. The van der Waals surface area contributed by atoms with Gasteiger partial charge in [-0.15, -0.1) is 0 Å². The summed E-state index contributed by atoms with van der Waals surface area (Å²) in [6, 6.07) is 8.08. The molecule has 16 heavy (non-hydrogen) atoms. The number of carbonyl (C=O) groups is 1. The molecule has 0 aliphatic heterocycles. The number of carboxylic acids is 1. The molecule has 0 saturated carbocycles. The second-order valence-corrected chi connectivity index (χ2v) is 4.21.